The van der Waals surface area contributed by atoms with Crippen LogP contribution in [-0.2, 0) is 6.42 Å². The molecule has 0 bridgehead atoms. The van der Waals surface area contributed by atoms with Crippen LogP contribution in [0.3, 0.4) is 0 Å². The zero-order valence-corrected chi connectivity index (χ0v) is 15.3. The van der Waals surface area contributed by atoms with Gasteiger partial charge in [0.1, 0.15) is 17.3 Å². The number of furan rings is 1. The topological polar surface area (TPSA) is 58.5 Å². The van der Waals surface area contributed by atoms with Gasteiger partial charge < -0.3 is 14.5 Å². The monoisotopic (exact) mass is 377 g/mol. The molecule has 146 valence electrons. The van der Waals surface area contributed by atoms with E-state index in [2.05, 4.69) is 20.9 Å². The summed E-state index contributed by atoms with van der Waals surface area (Å²) in [6, 6.07) is 9.68. The van der Waals surface area contributed by atoms with E-state index in [1.165, 1.54) is 5.56 Å². The average Bonchev–Trinajstić information content (AvgIpc) is 3.27. The minimum Gasteiger partial charge on any atom is -0.465 e. The van der Waals surface area contributed by atoms with E-state index in [9.17, 15) is 8.78 Å². The Morgan fingerprint density at radius 2 is 2.19 bits per heavy atom. The third-order valence-electron chi connectivity index (χ3n) is 5.44. The van der Waals surface area contributed by atoms with Crippen molar-refractivity contribution in [3.8, 4) is 5.75 Å². The van der Waals surface area contributed by atoms with Crippen molar-refractivity contribution in [2.24, 2.45) is 5.92 Å². The first-order valence-corrected chi connectivity index (χ1v) is 9.46. The predicted molar refractivity (Wildman–Crippen MR) is 97.6 cm³/mol. The van der Waals surface area contributed by atoms with Gasteiger partial charge >= 0.3 is 6.61 Å². The average molecular weight is 377 g/mol. The number of halogens is 2. The van der Waals surface area contributed by atoms with E-state index >= 15 is 0 Å². The second-order valence-electron chi connectivity index (χ2n) is 7.30. The van der Waals surface area contributed by atoms with Crippen LogP contribution in [0.1, 0.15) is 47.6 Å². The predicted octanol–water partition coefficient (Wildman–Crippen LogP) is 3.62. The molecule has 2 aliphatic rings. The number of ether oxygens (including phenoxy) is 1. The molecule has 1 aliphatic carbocycles. The fourth-order valence-corrected chi connectivity index (χ4v) is 4.12. The molecule has 27 heavy (non-hydrogen) atoms. The van der Waals surface area contributed by atoms with Crippen LogP contribution in [0.2, 0.25) is 0 Å². The van der Waals surface area contributed by atoms with E-state index in [1.54, 1.807) is 12.1 Å². The third-order valence-corrected chi connectivity index (χ3v) is 5.44. The van der Waals surface area contributed by atoms with E-state index in [4.69, 9.17) is 4.42 Å². The largest absolute Gasteiger partial charge is 0.465 e. The molecular formula is C20H25F2N3O2. The van der Waals surface area contributed by atoms with Crippen LogP contribution >= 0.6 is 0 Å². The minimum absolute atomic E-state index is 0.135. The van der Waals surface area contributed by atoms with Gasteiger partial charge in [0.05, 0.1) is 6.04 Å². The molecule has 0 saturated carbocycles. The van der Waals surface area contributed by atoms with Gasteiger partial charge in [0.15, 0.2) is 0 Å². The number of hydrogen-bond acceptors (Lipinski definition) is 5. The Balaban J connectivity index is 1.42. The minimum atomic E-state index is -2.79. The van der Waals surface area contributed by atoms with Crippen LogP contribution < -0.4 is 20.9 Å². The van der Waals surface area contributed by atoms with Crippen molar-refractivity contribution in [1.82, 2.24) is 16.2 Å². The molecule has 1 fully saturated rings. The van der Waals surface area contributed by atoms with Gasteiger partial charge in [-0.25, -0.2) is 5.43 Å². The zero-order valence-electron chi connectivity index (χ0n) is 15.3. The molecule has 3 N–H and O–H groups in total. The highest BCUT2D eigenvalue weighted by atomic mass is 19.3. The highest BCUT2D eigenvalue weighted by molar-refractivity contribution is 5.39. The van der Waals surface area contributed by atoms with Crippen molar-refractivity contribution >= 4 is 0 Å². The van der Waals surface area contributed by atoms with Gasteiger partial charge in [0, 0.05) is 25.0 Å². The standard InChI is InChI=1S/C20H25F2N3O2/c1-12-5-8-18(26-12)19-14(11-24-25-19)10-23-17-4-2-3-13-9-15(27-20(21)22)6-7-16(13)17/h5-9,14,17,19-20,23-25H,2-4,10-11H2,1H3. The lowest BCUT2D eigenvalue weighted by molar-refractivity contribution is -0.0499. The first-order valence-electron chi connectivity index (χ1n) is 9.46. The number of benzene rings is 1. The molecule has 4 rings (SSSR count). The molecule has 3 unspecified atom stereocenters. The lowest BCUT2D eigenvalue weighted by Crippen LogP contribution is -2.32. The van der Waals surface area contributed by atoms with Gasteiger partial charge in [0.25, 0.3) is 0 Å². The highest BCUT2D eigenvalue weighted by Crippen LogP contribution is 2.33. The molecule has 5 nitrogen and oxygen atoms in total. The van der Waals surface area contributed by atoms with E-state index < -0.39 is 6.61 Å². The summed E-state index contributed by atoms with van der Waals surface area (Å²) in [5.41, 5.74) is 8.81. The van der Waals surface area contributed by atoms with Crippen LogP contribution in [0, 0.1) is 12.8 Å². The van der Waals surface area contributed by atoms with Gasteiger partial charge in [0.2, 0.25) is 0 Å². The molecule has 0 radical (unpaired) electrons. The number of aryl methyl sites for hydroxylation is 2. The Morgan fingerprint density at radius 3 is 2.96 bits per heavy atom. The quantitative estimate of drug-likeness (QED) is 0.718. The Hall–Kier alpha value is -1.96. The maximum absolute atomic E-state index is 12.4. The summed E-state index contributed by atoms with van der Waals surface area (Å²) >= 11 is 0. The Morgan fingerprint density at radius 1 is 1.30 bits per heavy atom. The Labute approximate surface area is 157 Å². The van der Waals surface area contributed by atoms with Crippen molar-refractivity contribution in [2.75, 3.05) is 13.1 Å². The molecule has 2 aromatic rings. The maximum Gasteiger partial charge on any atom is 0.387 e. The van der Waals surface area contributed by atoms with Crippen LogP contribution in [-0.4, -0.2) is 19.7 Å². The molecule has 1 aromatic carbocycles. The Kier molecular flexibility index (Phi) is 5.43. The van der Waals surface area contributed by atoms with Crippen LogP contribution in [0.25, 0.3) is 0 Å². The van der Waals surface area contributed by atoms with Gasteiger partial charge in [-0.15, -0.1) is 0 Å². The summed E-state index contributed by atoms with van der Waals surface area (Å²) in [5.74, 6) is 2.46. The third kappa shape index (κ3) is 4.15. The number of alkyl halides is 2. The summed E-state index contributed by atoms with van der Waals surface area (Å²) in [7, 11) is 0. The number of nitrogens with one attached hydrogen (secondary N) is 3. The van der Waals surface area contributed by atoms with E-state index in [0.717, 1.165) is 49.4 Å². The summed E-state index contributed by atoms with van der Waals surface area (Å²) in [6.07, 6.45) is 2.97. The van der Waals surface area contributed by atoms with E-state index in [0.29, 0.717) is 5.92 Å². The fraction of sp³-hybridized carbons (Fsp3) is 0.500. The van der Waals surface area contributed by atoms with Crippen molar-refractivity contribution < 1.29 is 17.9 Å². The lowest BCUT2D eigenvalue weighted by Gasteiger charge is -2.28. The van der Waals surface area contributed by atoms with Gasteiger partial charge in [-0.1, -0.05) is 6.07 Å². The Bertz CT molecular complexity index is 780. The molecule has 7 heteroatoms. The number of hydrazine groups is 1. The molecule has 3 atom stereocenters. The second kappa shape index (κ2) is 7.96. The highest BCUT2D eigenvalue weighted by Gasteiger charge is 2.31. The van der Waals surface area contributed by atoms with E-state index in [1.807, 2.05) is 25.1 Å². The first-order chi connectivity index (χ1) is 13.1. The first kappa shape index (κ1) is 18.4. The molecule has 2 heterocycles. The van der Waals surface area contributed by atoms with Crippen molar-refractivity contribution in [2.45, 2.75) is 44.9 Å². The van der Waals surface area contributed by atoms with Crippen molar-refractivity contribution in [3.63, 3.8) is 0 Å². The normalized spacial score (nSPS) is 25.0. The van der Waals surface area contributed by atoms with Crippen LogP contribution in [0.4, 0.5) is 8.78 Å². The second-order valence-corrected chi connectivity index (χ2v) is 7.30. The molecule has 1 aromatic heterocycles. The molecule has 1 saturated heterocycles. The van der Waals surface area contributed by atoms with Crippen LogP contribution in [0.15, 0.2) is 34.7 Å². The maximum atomic E-state index is 12.4. The van der Waals surface area contributed by atoms with Crippen molar-refractivity contribution in [3.05, 3.63) is 53.0 Å². The van der Waals surface area contributed by atoms with Gasteiger partial charge in [-0.2, -0.15) is 8.78 Å². The van der Waals surface area contributed by atoms with Crippen LogP contribution in [0.5, 0.6) is 5.75 Å². The smallest absolute Gasteiger partial charge is 0.387 e. The molecule has 0 amide bonds. The summed E-state index contributed by atoms with van der Waals surface area (Å²) in [4.78, 5) is 0. The van der Waals surface area contributed by atoms with E-state index in [-0.39, 0.29) is 17.8 Å². The summed E-state index contributed by atoms with van der Waals surface area (Å²) < 4.78 is 35.2. The zero-order chi connectivity index (χ0) is 18.8. The summed E-state index contributed by atoms with van der Waals surface area (Å²) in [5, 5.41) is 3.68. The van der Waals surface area contributed by atoms with Crippen molar-refractivity contribution in [1.29, 1.82) is 0 Å². The van der Waals surface area contributed by atoms with Gasteiger partial charge in [-0.05, 0) is 61.6 Å². The van der Waals surface area contributed by atoms with Gasteiger partial charge in [-0.3, -0.25) is 5.43 Å². The SMILES string of the molecule is Cc1ccc(C2NNCC2CNC2CCCc3cc(OC(F)F)ccc32)o1. The molecule has 0 spiro atoms. The lowest BCUT2D eigenvalue weighted by atomic mass is 9.87. The number of rotatable bonds is 6. The number of fused-ring (bicyclic) bond motifs is 1. The summed E-state index contributed by atoms with van der Waals surface area (Å²) in [6.45, 7) is 0.858. The molecular weight excluding hydrogens is 352 g/mol. The fourth-order valence-electron chi connectivity index (χ4n) is 4.12. The molecule has 1 aliphatic heterocycles. The number of hydrogen-bond donors (Lipinski definition) is 3.